The molecule has 1 aliphatic rings. The van der Waals surface area contributed by atoms with Gasteiger partial charge in [0.05, 0.1) is 12.2 Å². The molecule has 1 unspecified atom stereocenters. The number of H-pyrrole nitrogens is 1. The van der Waals surface area contributed by atoms with Gasteiger partial charge in [-0.1, -0.05) is 18.2 Å². The number of nitrogens with one attached hydrogen (secondary N) is 2. The standard InChI is InChI=1S/C15H16N2O4/c18-13-7-11(10-3-1-2-4-12(10)17-13)14(19)16-8-15(20)5-6-21-9-15/h1-4,7,20H,5-6,8-9H2,(H,16,19)(H,17,18). The largest absolute Gasteiger partial charge is 0.386 e. The molecule has 110 valence electrons. The molecule has 1 aliphatic heterocycles. The summed E-state index contributed by atoms with van der Waals surface area (Å²) in [6.07, 6.45) is 0.489. The lowest BCUT2D eigenvalue weighted by Gasteiger charge is -2.20. The summed E-state index contributed by atoms with van der Waals surface area (Å²) in [5.74, 6) is -0.377. The summed E-state index contributed by atoms with van der Waals surface area (Å²) in [5, 5.41) is 13.5. The zero-order valence-electron chi connectivity index (χ0n) is 11.4. The number of benzene rings is 1. The lowest BCUT2D eigenvalue weighted by molar-refractivity contribution is 0.0265. The van der Waals surface area contributed by atoms with Gasteiger partial charge in [0.1, 0.15) is 5.60 Å². The molecule has 0 radical (unpaired) electrons. The van der Waals surface area contributed by atoms with E-state index in [1.165, 1.54) is 6.07 Å². The number of aromatic amines is 1. The lowest BCUT2D eigenvalue weighted by Crippen LogP contribution is -2.43. The van der Waals surface area contributed by atoms with Gasteiger partial charge in [0.15, 0.2) is 0 Å². The zero-order valence-corrected chi connectivity index (χ0v) is 11.4. The van der Waals surface area contributed by atoms with Gasteiger partial charge in [-0.25, -0.2) is 0 Å². The Bertz CT molecular complexity index is 732. The van der Waals surface area contributed by atoms with E-state index in [0.29, 0.717) is 29.5 Å². The Morgan fingerprint density at radius 2 is 2.24 bits per heavy atom. The van der Waals surface area contributed by atoms with Gasteiger partial charge in [-0.15, -0.1) is 0 Å². The van der Waals surface area contributed by atoms with Crippen LogP contribution in [0.3, 0.4) is 0 Å². The average Bonchev–Trinajstić information content (AvgIpc) is 2.91. The van der Waals surface area contributed by atoms with Crippen LogP contribution in [-0.4, -0.2) is 41.4 Å². The van der Waals surface area contributed by atoms with Gasteiger partial charge < -0.3 is 20.1 Å². The van der Waals surface area contributed by atoms with Gasteiger partial charge in [0.25, 0.3) is 5.91 Å². The van der Waals surface area contributed by atoms with Crippen LogP contribution in [0.15, 0.2) is 35.1 Å². The maximum absolute atomic E-state index is 12.3. The molecule has 1 amide bonds. The van der Waals surface area contributed by atoms with E-state index < -0.39 is 5.60 Å². The van der Waals surface area contributed by atoms with Crippen molar-refractivity contribution in [2.75, 3.05) is 19.8 Å². The van der Waals surface area contributed by atoms with Crippen molar-refractivity contribution in [3.8, 4) is 0 Å². The van der Waals surface area contributed by atoms with Crippen molar-refractivity contribution in [1.82, 2.24) is 10.3 Å². The van der Waals surface area contributed by atoms with Crippen LogP contribution in [0, 0.1) is 0 Å². The number of carbonyl (C=O) groups excluding carboxylic acids is 1. The lowest BCUT2D eigenvalue weighted by atomic mass is 10.0. The fraction of sp³-hybridized carbons (Fsp3) is 0.333. The second-order valence-corrected chi connectivity index (χ2v) is 5.30. The number of aliphatic hydroxyl groups is 1. The van der Waals surface area contributed by atoms with Gasteiger partial charge in [-0.3, -0.25) is 9.59 Å². The summed E-state index contributed by atoms with van der Waals surface area (Å²) in [6.45, 7) is 0.802. The highest BCUT2D eigenvalue weighted by molar-refractivity contribution is 6.05. The van der Waals surface area contributed by atoms with Crippen LogP contribution in [0.2, 0.25) is 0 Å². The third-order valence-corrected chi connectivity index (χ3v) is 3.66. The molecule has 1 aromatic carbocycles. The van der Waals surface area contributed by atoms with Gasteiger partial charge >= 0.3 is 0 Å². The van der Waals surface area contributed by atoms with Crippen LogP contribution in [0.1, 0.15) is 16.8 Å². The summed E-state index contributed by atoms with van der Waals surface area (Å²) < 4.78 is 5.13. The van der Waals surface area contributed by atoms with E-state index in [9.17, 15) is 14.7 Å². The number of para-hydroxylation sites is 1. The van der Waals surface area contributed by atoms with Crippen molar-refractivity contribution in [2.24, 2.45) is 0 Å². The molecular formula is C15H16N2O4. The molecule has 3 rings (SSSR count). The van der Waals surface area contributed by atoms with Crippen LogP contribution in [0.4, 0.5) is 0 Å². The van der Waals surface area contributed by atoms with E-state index in [1.807, 2.05) is 0 Å². The molecule has 3 N–H and O–H groups in total. The number of amides is 1. The Kier molecular flexibility index (Phi) is 3.48. The highest BCUT2D eigenvalue weighted by atomic mass is 16.5. The zero-order chi connectivity index (χ0) is 14.9. The Labute approximate surface area is 120 Å². The molecular weight excluding hydrogens is 272 g/mol. The number of carbonyl (C=O) groups is 1. The SMILES string of the molecule is O=C(NCC1(O)CCOC1)c1cc(=O)[nH]c2ccccc12. The van der Waals surface area contributed by atoms with Gasteiger partial charge in [-0.2, -0.15) is 0 Å². The number of hydrogen-bond acceptors (Lipinski definition) is 4. The van der Waals surface area contributed by atoms with Crippen molar-refractivity contribution in [1.29, 1.82) is 0 Å². The minimum absolute atomic E-state index is 0.104. The normalized spacial score (nSPS) is 21.6. The number of fused-ring (bicyclic) bond motifs is 1. The third-order valence-electron chi connectivity index (χ3n) is 3.66. The first kappa shape index (κ1) is 13.8. The molecule has 6 heteroatoms. The van der Waals surface area contributed by atoms with Crippen LogP contribution in [-0.2, 0) is 4.74 Å². The minimum Gasteiger partial charge on any atom is -0.386 e. The molecule has 0 aliphatic carbocycles. The highest BCUT2D eigenvalue weighted by Crippen LogP contribution is 2.18. The Morgan fingerprint density at radius 1 is 1.43 bits per heavy atom. The number of rotatable bonds is 3. The first-order valence-electron chi connectivity index (χ1n) is 6.78. The quantitative estimate of drug-likeness (QED) is 0.763. The fourth-order valence-corrected chi connectivity index (χ4v) is 2.47. The van der Waals surface area contributed by atoms with E-state index in [0.717, 1.165) is 0 Å². The summed E-state index contributed by atoms with van der Waals surface area (Å²) in [5.41, 5.74) is -0.441. The Hall–Kier alpha value is -2.18. The van der Waals surface area contributed by atoms with E-state index in [2.05, 4.69) is 10.3 Å². The monoisotopic (exact) mass is 288 g/mol. The molecule has 2 aromatic rings. The number of hydrogen-bond donors (Lipinski definition) is 3. The van der Waals surface area contributed by atoms with Crippen molar-refractivity contribution in [3.05, 3.63) is 46.2 Å². The van der Waals surface area contributed by atoms with Crippen molar-refractivity contribution >= 4 is 16.8 Å². The predicted octanol–water partition coefficient (Wildman–Crippen LogP) is 0.409. The highest BCUT2D eigenvalue weighted by Gasteiger charge is 2.32. The number of aromatic nitrogens is 1. The molecule has 0 bridgehead atoms. The van der Waals surface area contributed by atoms with Gasteiger partial charge in [0, 0.05) is 36.5 Å². The maximum Gasteiger partial charge on any atom is 0.252 e. The molecule has 2 heterocycles. The van der Waals surface area contributed by atoms with Gasteiger partial charge in [0.2, 0.25) is 5.56 Å². The van der Waals surface area contributed by atoms with Crippen molar-refractivity contribution in [2.45, 2.75) is 12.0 Å². The molecule has 1 saturated heterocycles. The number of pyridine rings is 1. The predicted molar refractivity (Wildman–Crippen MR) is 77.3 cm³/mol. The Balaban J connectivity index is 1.86. The summed E-state index contributed by atoms with van der Waals surface area (Å²) in [6, 6.07) is 8.38. The van der Waals surface area contributed by atoms with Crippen LogP contribution in [0.5, 0.6) is 0 Å². The maximum atomic E-state index is 12.3. The molecule has 21 heavy (non-hydrogen) atoms. The molecule has 0 spiro atoms. The van der Waals surface area contributed by atoms with Crippen LogP contribution >= 0.6 is 0 Å². The smallest absolute Gasteiger partial charge is 0.252 e. The van der Waals surface area contributed by atoms with Crippen molar-refractivity contribution < 1.29 is 14.6 Å². The van der Waals surface area contributed by atoms with Crippen molar-refractivity contribution in [3.63, 3.8) is 0 Å². The molecule has 6 nitrogen and oxygen atoms in total. The third kappa shape index (κ3) is 2.81. The molecule has 1 aromatic heterocycles. The van der Waals surface area contributed by atoms with Crippen LogP contribution in [0.25, 0.3) is 10.9 Å². The second kappa shape index (κ2) is 5.31. The second-order valence-electron chi connectivity index (χ2n) is 5.30. The first-order chi connectivity index (χ1) is 10.1. The number of ether oxygens (including phenoxy) is 1. The molecule has 1 atom stereocenters. The molecule has 1 fully saturated rings. The first-order valence-corrected chi connectivity index (χ1v) is 6.78. The average molecular weight is 288 g/mol. The summed E-state index contributed by atoms with van der Waals surface area (Å²) >= 11 is 0. The Morgan fingerprint density at radius 3 is 3.00 bits per heavy atom. The minimum atomic E-state index is -1.02. The summed E-state index contributed by atoms with van der Waals surface area (Å²) in [4.78, 5) is 26.6. The summed E-state index contributed by atoms with van der Waals surface area (Å²) in [7, 11) is 0. The molecule has 0 saturated carbocycles. The van der Waals surface area contributed by atoms with Crippen LogP contribution < -0.4 is 10.9 Å². The fourth-order valence-electron chi connectivity index (χ4n) is 2.47. The topological polar surface area (TPSA) is 91.4 Å². The van der Waals surface area contributed by atoms with E-state index in [1.54, 1.807) is 24.3 Å². The van der Waals surface area contributed by atoms with E-state index in [-0.39, 0.29) is 24.6 Å². The van der Waals surface area contributed by atoms with E-state index >= 15 is 0 Å². The van der Waals surface area contributed by atoms with Gasteiger partial charge in [-0.05, 0) is 6.07 Å². The van der Waals surface area contributed by atoms with E-state index in [4.69, 9.17) is 4.74 Å².